The molecule has 0 atom stereocenters. The minimum Gasteiger partial charge on any atom is -0.384 e. The molecule has 0 fully saturated rings. The van der Waals surface area contributed by atoms with Gasteiger partial charge in [0.05, 0.1) is 0 Å². The summed E-state index contributed by atoms with van der Waals surface area (Å²) < 4.78 is 35.9. The van der Waals surface area contributed by atoms with Crippen LogP contribution in [0.25, 0.3) is 0 Å². The lowest BCUT2D eigenvalue weighted by Gasteiger charge is -2.10. The van der Waals surface area contributed by atoms with Crippen molar-refractivity contribution in [2.45, 2.75) is 26.1 Å². The number of nitrogens with zero attached hydrogens (tertiary/aromatic N) is 1. The van der Waals surface area contributed by atoms with Crippen LogP contribution in [0.15, 0.2) is 4.99 Å². The Morgan fingerprint density at radius 1 is 1.42 bits per heavy atom. The minimum absolute atomic E-state index is 0.449. The van der Waals surface area contributed by atoms with Crippen LogP contribution < -0.4 is 5.48 Å². The quantitative estimate of drug-likeness (QED) is 0.401. The SMILES string of the molecule is CNOC(=NC(C)C)C(F)(F)F. The number of nitrogens with one attached hydrogen (secondary N) is 1. The zero-order chi connectivity index (χ0) is 9.78. The number of halogens is 3. The van der Waals surface area contributed by atoms with E-state index >= 15 is 0 Å². The molecule has 0 aromatic rings. The van der Waals surface area contributed by atoms with Gasteiger partial charge in [-0.2, -0.15) is 18.7 Å². The van der Waals surface area contributed by atoms with Gasteiger partial charge in [0.15, 0.2) is 0 Å². The maximum atomic E-state index is 12.0. The van der Waals surface area contributed by atoms with Gasteiger partial charge in [0.1, 0.15) is 0 Å². The first kappa shape index (κ1) is 11.2. The highest BCUT2D eigenvalue weighted by molar-refractivity contribution is 5.81. The maximum absolute atomic E-state index is 12.0. The molecule has 0 rings (SSSR count). The summed E-state index contributed by atoms with van der Waals surface area (Å²) in [6, 6.07) is -0.449. The normalized spacial score (nSPS) is 13.8. The van der Waals surface area contributed by atoms with Crippen molar-refractivity contribution in [3.63, 3.8) is 0 Å². The summed E-state index contributed by atoms with van der Waals surface area (Å²) in [6.45, 7) is 3.07. The minimum atomic E-state index is -4.53. The van der Waals surface area contributed by atoms with E-state index in [2.05, 4.69) is 9.83 Å². The van der Waals surface area contributed by atoms with E-state index in [-0.39, 0.29) is 0 Å². The Bertz CT molecular complexity index is 165. The molecule has 0 radical (unpaired) electrons. The number of hydroxylamine groups is 1. The Morgan fingerprint density at radius 3 is 2.17 bits per heavy atom. The summed E-state index contributed by atoms with van der Waals surface area (Å²) in [4.78, 5) is 7.34. The molecule has 0 saturated heterocycles. The van der Waals surface area contributed by atoms with Crippen molar-refractivity contribution >= 4 is 5.90 Å². The van der Waals surface area contributed by atoms with Gasteiger partial charge in [0, 0.05) is 13.1 Å². The van der Waals surface area contributed by atoms with Gasteiger partial charge in [-0.15, -0.1) is 0 Å². The average molecular weight is 184 g/mol. The number of alkyl halides is 3. The Hall–Kier alpha value is -0.780. The highest BCUT2D eigenvalue weighted by Gasteiger charge is 2.38. The zero-order valence-corrected chi connectivity index (χ0v) is 7.07. The molecule has 0 saturated carbocycles. The van der Waals surface area contributed by atoms with Gasteiger partial charge in [0.2, 0.25) is 0 Å². The fraction of sp³-hybridized carbons (Fsp3) is 0.833. The Balaban J connectivity index is 4.44. The first-order chi connectivity index (χ1) is 5.38. The molecule has 72 valence electrons. The van der Waals surface area contributed by atoms with E-state index in [4.69, 9.17) is 0 Å². The topological polar surface area (TPSA) is 33.6 Å². The van der Waals surface area contributed by atoms with E-state index in [1.54, 1.807) is 0 Å². The van der Waals surface area contributed by atoms with Crippen LogP contribution in [0.5, 0.6) is 0 Å². The van der Waals surface area contributed by atoms with E-state index in [1.807, 2.05) is 5.48 Å². The molecule has 0 aliphatic carbocycles. The van der Waals surface area contributed by atoms with Gasteiger partial charge in [0.25, 0.3) is 0 Å². The van der Waals surface area contributed by atoms with Crippen molar-refractivity contribution in [1.29, 1.82) is 0 Å². The van der Waals surface area contributed by atoms with Crippen molar-refractivity contribution < 1.29 is 18.0 Å². The molecule has 1 N–H and O–H groups in total. The molecule has 0 amide bonds. The molecular formula is C6H11F3N2O. The number of hydrogen-bond donors (Lipinski definition) is 1. The molecule has 0 aliphatic rings. The second kappa shape index (κ2) is 4.30. The van der Waals surface area contributed by atoms with Crippen LogP contribution in [0.1, 0.15) is 13.8 Å². The van der Waals surface area contributed by atoms with Crippen LogP contribution in [-0.2, 0) is 4.84 Å². The van der Waals surface area contributed by atoms with Gasteiger partial charge in [-0.25, -0.2) is 4.99 Å². The monoisotopic (exact) mass is 184 g/mol. The van der Waals surface area contributed by atoms with Crippen LogP contribution >= 0.6 is 0 Å². The van der Waals surface area contributed by atoms with Crippen molar-refractivity contribution in [3.05, 3.63) is 0 Å². The molecule has 12 heavy (non-hydrogen) atoms. The third-order valence-electron chi connectivity index (χ3n) is 0.817. The molecule has 0 spiro atoms. The van der Waals surface area contributed by atoms with Gasteiger partial charge in [-0.3, -0.25) is 0 Å². The Kier molecular flexibility index (Phi) is 4.02. The lowest BCUT2D eigenvalue weighted by atomic mass is 10.4. The fourth-order valence-electron chi connectivity index (χ4n) is 0.489. The maximum Gasteiger partial charge on any atom is 0.470 e. The second-order valence-electron chi connectivity index (χ2n) is 2.33. The van der Waals surface area contributed by atoms with Gasteiger partial charge in [-0.1, -0.05) is 0 Å². The molecule has 0 aromatic carbocycles. The third-order valence-corrected chi connectivity index (χ3v) is 0.817. The molecule has 0 heterocycles. The number of rotatable bonds is 2. The average Bonchev–Trinajstić information content (AvgIpc) is 1.83. The first-order valence-corrected chi connectivity index (χ1v) is 3.36. The van der Waals surface area contributed by atoms with Gasteiger partial charge in [-0.05, 0) is 13.8 Å². The van der Waals surface area contributed by atoms with Crippen molar-refractivity contribution in [1.82, 2.24) is 5.48 Å². The smallest absolute Gasteiger partial charge is 0.384 e. The van der Waals surface area contributed by atoms with E-state index < -0.39 is 18.1 Å². The van der Waals surface area contributed by atoms with Crippen LogP contribution in [0, 0.1) is 0 Å². The summed E-state index contributed by atoms with van der Waals surface area (Å²) in [5, 5.41) is 0. The number of aliphatic imine (C=N–C) groups is 1. The second-order valence-corrected chi connectivity index (χ2v) is 2.33. The van der Waals surface area contributed by atoms with Crippen molar-refractivity contribution in [2.75, 3.05) is 7.05 Å². The Labute approximate surface area is 68.6 Å². The lowest BCUT2D eigenvalue weighted by molar-refractivity contribution is -0.0843. The van der Waals surface area contributed by atoms with Crippen LogP contribution in [-0.4, -0.2) is 25.2 Å². The number of hydrogen-bond acceptors (Lipinski definition) is 3. The summed E-state index contributed by atoms with van der Waals surface area (Å²) in [7, 11) is 1.24. The molecule has 0 aliphatic heterocycles. The summed E-state index contributed by atoms with van der Waals surface area (Å²) >= 11 is 0. The molecule has 0 aromatic heterocycles. The molecule has 3 nitrogen and oxygen atoms in total. The van der Waals surface area contributed by atoms with Crippen LogP contribution in [0.2, 0.25) is 0 Å². The summed E-state index contributed by atoms with van der Waals surface area (Å²) in [6.07, 6.45) is -4.53. The first-order valence-electron chi connectivity index (χ1n) is 3.36. The molecule has 0 bridgehead atoms. The van der Waals surface area contributed by atoms with Gasteiger partial charge >= 0.3 is 12.1 Å². The summed E-state index contributed by atoms with van der Waals surface area (Å²) in [5.41, 5.74) is 1.93. The van der Waals surface area contributed by atoms with Crippen LogP contribution in [0.3, 0.4) is 0 Å². The Morgan fingerprint density at radius 2 is 1.92 bits per heavy atom. The van der Waals surface area contributed by atoms with Crippen molar-refractivity contribution in [3.8, 4) is 0 Å². The van der Waals surface area contributed by atoms with Gasteiger partial charge < -0.3 is 4.84 Å². The molecular weight excluding hydrogens is 173 g/mol. The van der Waals surface area contributed by atoms with E-state index in [0.29, 0.717) is 0 Å². The molecule has 6 heteroatoms. The van der Waals surface area contributed by atoms with E-state index in [0.717, 1.165) is 0 Å². The van der Waals surface area contributed by atoms with Crippen molar-refractivity contribution in [2.24, 2.45) is 4.99 Å². The third kappa shape index (κ3) is 4.17. The fourth-order valence-corrected chi connectivity index (χ4v) is 0.489. The molecule has 0 unspecified atom stereocenters. The van der Waals surface area contributed by atoms with Crippen LogP contribution in [0.4, 0.5) is 13.2 Å². The predicted octanol–water partition coefficient (Wildman–Crippen LogP) is 1.51. The highest BCUT2D eigenvalue weighted by atomic mass is 19.4. The lowest BCUT2D eigenvalue weighted by Crippen LogP contribution is -2.31. The standard InChI is InChI=1S/C6H11F3N2O/c1-4(2)11-5(12-10-3)6(7,8)9/h4,10H,1-3H3. The highest BCUT2D eigenvalue weighted by Crippen LogP contribution is 2.18. The largest absolute Gasteiger partial charge is 0.470 e. The summed E-state index contributed by atoms with van der Waals surface area (Å²) in [5.74, 6) is -1.25. The zero-order valence-electron chi connectivity index (χ0n) is 7.07. The van der Waals surface area contributed by atoms with E-state index in [9.17, 15) is 13.2 Å². The predicted molar refractivity (Wildman–Crippen MR) is 38.8 cm³/mol. The van der Waals surface area contributed by atoms with E-state index in [1.165, 1.54) is 20.9 Å².